The van der Waals surface area contributed by atoms with Crippen LogP contribution in [0.2, 0.25) is 12.6 Å². The SMILES string of the molecule is CCCCC[Si](C)(Cl)CSc1ncc(COCCN=[N+]=[N-])cn1. The largest absolute Gasteiger partial charge is 0.377 e. The zero-order valence-corrected chi connectivity index (χ0v) is 16.3. The normalized spacial score (nSPS) is 13.3. The van der Waals surface area contributed by atoms with Crippen LogP contribution in [0.5, 0.6) is 0 Å². The van der Waals surface area contributed by atoms with Gasteiger partial charge in [0, 0.05) is 34.8 Å². The van der Waals surface area contributed by atoms with Crippen molar-refractivity contribution >= 4 is 30.2 Å². The van der Waals surface area contributed by atoms with Crippen LogP contribution < -0.4 is 0 Å². The molecule has 6 nitrogen and oxygen atoms in total. The summed E-state index contributed by atoms with van der Waals surface area (Å²) in [7, 11) is -1.68. The van der Waals surface area contributed by atoms with Crippen molar-refractivity contribution in [1.82, 2.24) is 9.97 Å². The van der Waals surface area contributed by atoms with E-state index < -0.39 is 7.38 Å². The molecular formula is C14H24ClN5OSSi. The van der Waals surface area contributed by atoms with Gasteiger partial charge in [-0.1, -0.05) is 49.6 Å². The van der Waals surface area contributed by atoms with E-state index in [4.69, 9.17) is 21.3 Å². The number of hydrogen-bond acceptors (Lipinski definition) is 5. The average molecular weight is 374 g/mol. The van der Waals surface area contributed by atoms with Crippen LogP contribution in [-0.2, 0) is 11.3 Å². The van der Waals surface area contributed by atoms with E-state index in [2.05, 4.69) is 33.5 Å². The molecule has 0 saturated heterocycles. The first-order valence-electron chi connectivity index (χ1n) is 7.78. The molecule has 0 radical (unpaired) electrons. The minimum atomic E-state index is -1.68. The molecule has 0 spiro atoms. The number of hydrogen-bond donors (Lipinski definition) is 0. The van der Waals surface area contributed by atoms with E-state index in [1.165, 1.54) is 19.3 Å². The summed E-state index contributed by atoms with van der Waals surface area (Å²) >= 11 is 8.31. The molecule has 0 fully saturated rings. The second-order valence-electron chi connectivity index (χ2n) is 5.54. The van der Waals surface area contributed by atoms with Crippen LogP contribution in [0.3, 0.4) is 0 Å². The summed E-state index contributed by atoms with van der Waals surface area (Å²) in [4.78, 5) is 11.4. The Morgan fingerprint density at radius 3 is 2.78 bits per heavy atom. The number of nitrogens with zero attached hydrogens (tertiary/aromatic N) is 5. The smallest absolute Gasteiger partial charge is 0.187 e. The van der Waals surface area contributed by atoms with Crippen LogP contribution in [-0.4, -0.2) is 35.9 Å². The van der Waals surface area contributed by atoms with Gasteiger partial charge in [0.25, 0.3) is 0 Å². The predicted octanol–water partition coefficient (Wildman–Crippen LogP) is 4.94. The van der Waals surface area contributed by atoms with Crippen molar-refractivity contribution in [1.29, 1.82) is 0 Å². The molecule has 0 aliphatic rings. The molecule has 0 saturated carbocycles. The van der Waals surface area contributed by atoms with E-state index in [9.17, 15) is 0 Å². The molecule has 1 atom stereocenters. The number of ether oxygens (including phenoxy) is 1. The Hall–Kier alpha value is -0.793. The van der Waals surface area contributed by atoms with Crippen molar-refractivity contribution in [2.75, 3.05) is 18.5 Å². The highest BCUT2D eigenvalue weighted by atomic mass is 35.6. The third-order valence-electron chi connectivity index (χ3n) is 3.15. The monoisotopic (exact) mass is 373 g/mol. The molecule has 1 rings (SSSR count). The van der Waals surface area contributed by atoms with Gasteiger partial charge in [-0.05, 0) is 11.6 Å². The van der Waals surface area contributed by atoms with Gasteiger partial charge in [-0.3, -0.25) is 0 Å². The van der Waals surface area contributed by atoms with Gasteiger partial charge >= 0.3 is 0 Å². The number of thioether (sulfide) groups is 1. The minimum Gasteiger partial charge on any atom is -0.377 e. The number of aromatic nitrogens is 2. The van der Waals surface area contributed by atoms with Crippen molar-refractivity contribution in [3.63, 3.8) is 0 Å². The van der Waals surface area contributed by atoms with Crippen molar-refractivity contribution in [2.24, 2.45) is 5.11 Å². The molecule has 0 aliphatic heterocycles. The minimum absolute atomic E-state index is 0.336. The predicted molar refractivity (Wildman–Crippen MR) is 98.2 cm³/mol. The maximum Gasteiger partial charge on any atom is 0.187 e. The van der Waals surface area contributed by atoms with Crippen molar-refractivity contribution in [2.45, 2.75) is 50.5 Å². The highest BCUT2D eigenvalue weighted by Gasteiger charge is 2.24. The highest BCUT2D eigenvalue weighted by Crippen LogP contribution is 2.26. The summed E-state index contributed by atoms with van der Waals surface area (Å²) in [5.41, 5.74) is 9.06. The molecule has 0 aliphatic carbocycles. The molecule has 1 heterocycles. The fourth-order valence-corrected chi connectivity index (χ4v) is 6.29. The summed E-state index contributed by atoms with van der Waals surface area (Å²) in [6, 6.07) is 1.15. The third kappa shape index (κ3) is 9.83. The maximum atomic E-state index is 8.16. The molecule has 1 aromatic rings. The second-order valence-corrected chi connectivity index (χ2v) is 13.4. The average Bonchev–Trinajstić information content (AvgIpc) is 2.54. The Kier molecular flexibility index (Phi) is 10.3. The van der Waals surface area contributed by atoms with E-state index in [0.717, 1.165) is 22.1 Å². The standard InChI is InChI=1S/C14H24ClN5OSSi/c1-3-4-5-8-23(2,15)12-22-14-17-9-13(10-18-14)11-21-7-6-19-20-16/h9-10H,3-8,11-12H2,1-2H3. The van der Waals surface area contributed by atoms with Crippen LogP contribution in [0.4, 0.5) is 0 Å². The van der Waals surface area contributed by atoms with E-state index in [1.54, 1.807) is 24.2 Å². The molecule has 23 heavy (non-hydrogen) atoms. The third-order valence-corrected chi connectivity index (χ3v) is 9.55. The van der Waals surface area contributed by atoms with Crippen LogP contribution >= 0.6 is 22.8 Å². The first-order chi connectivity index (χ1) is 11.1. The molecule has 1 unspecified atom stereocenters. The lowest BCUT2D eigenvalue weighted by atomic mass is 10.3. The molecule has 128 valence electrons. The second kappa shape index (κ2) is 11.7. The first kappa shape index (κ1) is 20.3. The zero-order chi connectivity index (χ0) is 17.0. The number of unbranched alkanes of at least 4 members (excludes halogenated alkanes) is 2. The topological polar surface area (TPSA) is 83.8 Å². The molecule has 0 aromatic carbocycles. The van der Waals surface area contributed by atoms with Gasteiger partial charge in [-0.2, -0.15) is 11.1 Å². The summed E-state index contributed by atoms with van der Waals surface area (Å²) in [5.74, 6) is 0. The molecule has 1 aromatic heterocycles. The lowest BCUT2D eigenvalue weighted by molar-refractivity contribution is 0.127. The fourth-order valence-electron chi connectivity index (χ4n) is 1.86. The van der Waals surface area contributed by atoms with Crippen molar-refractivity contribution in [3.8, 4) is 0 Å². The molecule has 0 N–H and O–H groups in total. The summed E-state index contributed by atoms with van der Waals surface area (Å²) in [6.07, 6.45) is 7.24. The Labute approximate surface area is 147 Å². The van der Waals surface area contributed by atoms with Gasteiger partial charge in [0.2, 0.25) is 0 Å². The molecular weight excluding hydrogens is 350 g/mol. The lowest BCUT2D eigenvalue weighted by Gasteiger charge is -2.18. The summed E-state index contributed by atoms with van der Waals surface area (Å²) in [5, 5.41) is 5.10. The molecule has 0 amide bonds. The van der Waals surface area contributed by atoms with E-state index >= 15 is 0 Å². The van der Waals surface area contributed by atoms with E-state index in [0.29, 0.717) is 19.8 Å². The lowest BCUT2D eigenvalue weighted by Crippen LogP contribution is -2.26. The van der Waals surface area contributed by atoms with Crippen LogP contribution in [0, 0.1) is 0 Å². The zero-order valence-electron chi connectivity index (χ0n) is 13.7. The van der Waals surface area contributed by atoms with Crippen LogP contribution in [0.1, 0.15) is 31.7 Å². The summed E-state index contributed by atoms with van der Waals surface area (Å²) in [6.45, 7) is 5.57. The summed E-state index contributed by atoms with van der Waals surface area (Å²) < 4.78 is 5.36. The first-order valence-corrected chi connectivity index (χ1v) is 12.7. The number of rotatable bonds is 12. The quantitative estimate of drug-likeness (QED) is 0.0759. The van der Waals surface area contributed by atoms with Gasteiger partial charge in [0.15, 0.2) is 12.5 Å². The fraction of sp³-hybridized carbons (Fsp3) is 0.714. The van der Waals surface area contributed by atoms with Crippen molar-refractivity contribution < 1.29 is 4.74 Å². The maximum absolute atomic E-state index is 8.16. The Morgan fingerprint density at radius 2 is 2.13 bits per heavy atom. The van der Waals surface area contributed by atoms with Gasteiger partial charge in [0.05, 0.1) is 13.2 Å². The number of azide groups is 1. The van der Waals surface area contributed by atoms with Crippen LogP contribution in [0.15, 0.2) is 22.7 Å². The Bertz CT molecular complexity index is 496. The highest BCUT2D eigenvalue weighted by molar-refractivity contribution is 8.01. The molecule has 0 bridgehead atoms. The van der Waals surface area contributed by atoms with E-state index in [-0.39, 0.29) is 0 Å². The van der Waals surface area contributed by atoms with Gasteiger partial charge in [0.1, 0.15) is 0 Å². The van der Waals surface area contributed by atoms with Gasteiger partial charge in [-0.15, -0.1) is 0 Å². The van der Waals surface area contributed by atoms with E-state index in [1.807, 2.05) is 0 Å². The van der Waals surface area contributed by atoms with Crippen LogP contribution in [0.25, 0.3) is 10.4 Å². The Balaban J connectivity index is 2.31. The number of halogens is 1. The Morgan fingerprint density at radius 1 is 1.39 bits per heavy atom. The van der Waals surface area contributed by atoms with Gasteiger partial charge in [-0.25, -0.2) is 9.97 Å². The van der Waals surface area contributed by atoms with Crippen molar-refractivity contribution in [3.05, 3.63) is 28.4 Å². The molecule has 9 heteroatoms. The van der Waals surface area contributed by atoms with Gasteiger partial charge < -0.3 is 4.74 Å².